The summed E-state index contributed by atoms with van der Waals surface area (Å²) in [7, 11) is 0. The molecule has 128 valence electrons. The molecule has 2 saturated heterocycles. The minimum atomic E-state index is -0.289. The number of piperidine rings is 1. The number of nitrogens with one attached hydrogen (secondary N) is 1. The van der Waals surface area contributed by atoms with E-state index >= 15 is 0 Å². The molecule has 2 fully saturated rings. The highest BCUT2D eigenvalue weighted by atomic mass is 32.1. The first kappa shape index (κ1) is 16.0. The fourth-order valence-corrected chi connectivity index (χ4v) is 5.28. The number of fused-ring (bicyclic) bond motifs is 1. The van der Waals surface area contributed by atoms with Crippen LogP contribution in [0.25, 0.3) is 10.2 Å². The Hall–Kier alpha value is -1.46. The number of hydrogen-bond donors (Lipinski definition) is 1. The van der Waals surface area contributed by atoms with Crippen LogP contribution in [0.5, 0.6) is 0 Å². The van der Waals surface area contributed by atoms with E-state index in [2.05, 4.69) is 35.3 Å². The van der Waals surface area contributed by atoms with Gasteiger partial charge in [0.2, 0.25) is 5.91 Å². The third-order valence-electron chi connectivity index (χ3n) is 5.70. The van der Waals surface area contributed by atoms with Crippen LogP contribution >= 0.6 is 11.3 Å². The van der Waals surface area contributed by atoms with Gasteiger partial charge in [-0.25, -0.2) is 4.98 Å². The van der Waals surface area contributed by atoms with E-state index in [0.29, 0.717) is 11.8 Å². The number of hydrogen-bond acceptors (Lipinski definition) is 4. The molecule has 2 aliphatic rings. The molecule has 2 aliphatic heterocycles. The number of carbonyl (C=O) groups excluding carboxylic acids is 1. The van der Waals surface area contributed by atoms with Crippen molar-refractivity contribution in [2.24, 2.45) is 0 Å². The Balaban J connectivity index is 1.44. The predicted octanol–water partition coefficient (Wildman–Crippen LogP) is 3.53. The van der Waals surface area contributed by atoms with Crippen molar-refractivity contribution in [3.63, 3.8) is 0 Å². The summed E-state index contributed by atoms with van der Waals surface area (Å²) in [6.07, 6.45) is 5.06. The van der Waals surface area contributed by atoms with Crippen LogP contribution in [0.2, 0.25) is 0 Å². The van der Waals surface area contributed by atoms with Gasteiger partial charge < -0.3 is 10.2 Å². The molecule has 1 amide bonds. The van der Waals surface area contributed by atoms with Crippen molar-refractivity contribution in [3.8, 4) is 0 Å². The smallest absolute Gasteiger partial charge is 0.242 e. The third-order valence-corrected chi connectivity index (χ3v) is 6.90. The summed E-state index contributed by atoms with van der Waals surface area (Å²) in [6, 6.07) is 8.35. The zero-order valence-electron chi connectivity index (χ0n) is 14.3. The third kappa shape index (κ3) is 2.74. The van der Waals surface area contributed by atoms with Gasteiger partial charge in [0.25, 0.3) is 0 Å². The molecule has 3 heterocycles. The fraction of sp³-hybridized carbons (Fsp3) is 0.579. The Bertz CT molecular complexity index is 694. The molecular formula is C19H25N3OS. The minimum absolute atomic E-state index is 0.289. The SMILES string of the molecule is CCC1(C(=O)N2CCC(c3nc4ccccc4s3)CC2)CCCN1. The van der Waals surface area contributed by atoms with Gasteiger partial charge in [0, 0.05) is 19.0 Å². The van der Waals surface area contributed by atoms with E-state index in [1.54, 1.807) is 0 Å². The Morgan fingerprint density at radius 1 is 1.38 bits per heavy atom. The summed E-state index contributed by atoms with van der Waals surface area (Å²) in [5, 5.41) is 4.72. The molecule has 2 aromatic rings. The molecule has 1 unspecified atom stereocenters. The molecule has 1 atom stereocenters. The topological polar surface area (TPSA) is 45.2 Å². The summed E-state index contributed by atoms with van der Waals surface area (Å²) in [5.41, 5.74) is 0.819. The Morgan fingerprint density at radius 3 is 2.83 bits per heavy atom. The lowest BCUT2D eigenvalue weighted by Crippen LogP contribution is -2.56. The van der Waals surface area contributed by atoms with E-state index in [-0.39, 0.29) is 5.54 Å². The number of rotatable bonds is 3. The number of likely N-dealkylation sites (tertiary alicyclic amines) is 1. The first-order valence-corrected chi connectivity index (χ1v) is 9.93. The lowest BCUT2D eigenvalue weighted by atomic mass is 9.90. The van der Waals surface area contributed by atoms with Crippen LogP contribution in [0.3, 0.4) is 0 Å². The molecule has 1 aromatic heterocycles. The van der Waals surface area contributed by atoms with Crippen LogP contribution in [-0.4, -0.2) is 41.0 Å². The molecule has 1 aromatic carbocycles. The molecule has 5 heteroatoms. The molecular weight excluding hydrogens is 318 g/mol. The maximum atomic E-state index is 13.0. The minimum Gasteiger partial charge on any atom is -0.341 e. The second-order valence-corrected chi connectivity index (χ2v) is 8.11. The number of carbonyl (C=O) groups is 1. The van der Waals surface area contributed by atoms with Crippen molar-refractivity contribution in [2.75, 3.05) is 19.6 Å². The quantitative estimate of drug-likeness (QED) is 0.927. The van der Waals surface area contributed by atoms with Gasteiger partial charge in [-0.1, -0.05) is 19.1 Å². The van der Waals surface area contributed by atoms with Gasteiger partial charge in [0.15, 0.2) is 0 Å². The van der Waals surface area contributed by atoms with Crippen LogP contribution in [0.15, 0.2) is 24.3 Å². The van der Waals surface area contributed by atoms with Crippen molar-refractivity contribution in [3.05, 3.63) is 29.3 Å². The summed E-state index contributed by atoms with van der Waals surface area (Å²) in [5.74, 6) is 0.825. The number of nitrogens with zero attached hydrogens (tertiary/aromatic N) is 2. The molecule has 0 radical (unpaired) electrons. The van der Waals surface area contributed by atoms with Gasteiger partial charge in [-0.3, -0.25) is 4.79 Å². The second kappa shape index (κ2) is 6.45. The zero-order chi connectivity index (χ0) is 16.6. The highest BCUT2D eigenvalue weighted by Crippen LogP contribution is 2.35. The van der Waals surface area contributed by atoms with Crippen LogP contribution in [0.4, 0.5) is 0 Å². The van der Waals surface area contributed by atoms with Crippen molar-refractivity contribution < 1.29 is 4.79 Å². The van der Waals surface area contributed by atoms with Gasteiger partial charge in [-0.05, 0) is 50.8 Å². The molecule has 0 bridgehead atoms. The van der Waals surface area contributed by atoms with E-state index in [9.17, 15) is 4.79 Å². The highest BCUT2D eigenvalue weighted by Gasteiger charge is 2.42. The molecule has 1 N–H and O–H groups in total. The van der Waals surface area contributed by atoms with E-state index in [1.807, 2.05) is 17.4 Å². The van der Waals surface area contributed by atoms with Gasteiger partial charge in [0.05, 0.1) is 20.8 Å². The first-order valence-electron chi connectivity index (χ1n) is 9.12. The Morgan fingerprint density at radius 2 is 2.17 bits per heavy atom. The predicted molar refractivity (Wildman–Crippen MR) is 98.4 cm³/mol. The summed E-state index contributed by atoms with van der Waals surface area (Å²) in [6.45, 7) is 4.83. The van der Waals surface area contributed by atoms with E-state index in [4.69, 9.17) is 4.98 Å². The normalized spacial score (nSPS) is 25.5. The number of thiazole rings is 1. The number of amides is 1. The van der Waals surface area contributed by atoms with Crippen LogP contribution in [0, 0.1) is 0 Å². The Kier molecular flexibility index (Phi) is 4.31. The first-order chi connectivity index (χ1) is 11.7. The Labute approximate surface area is 147 Å². The molecule has 0 aliphatic carbocycles. The van der Waals surface area contributed by atoms with Gasteiger partial charge in [0.1, 0.15) is 0 Å². The number of aromatic nitrogens is 1. The average Bonchev–Trinajstić information content (AvgIpc) is 3.28. The fourth-order valence-electron chi connectivity index (χ4n) is 4.14. The molecule has 4 rings (SSSR count). The van der Waals surface area contributed by atoms with E-state index < -0.39 is 0 Å². The number of benzene rings is 1. The van der Waals surface area contributed by atoms with Crippen LogP contribution in [-0.2, 0) is 4.79 Å². The van der Waals surface area contributed by atoms with Crippen LogP contribution < -0.4 is 5.32 Å². The monoisotopic (exact) mass is 343 g/mol. The lowest BCUT2D eigenvalue weighted by molar-refractivity contribution is -0.139. The maximum Gasteiger partial charge on any atom is 0.242 e. The van der Waals surface area contributed by atoms with Crippen molar-refractivity contribution >= 4 is 27.5 Å². The standard InChI is InChI=1S/C19H25N3OS/c1-2-19(10-5-11-20-19)18(23)22-12-8-14(9-13-22)17-21-15-6-3-4-7-16(15)24-17/h3-4,6-7,14,20H,2,5,8-13H2,1H3. The van der Waals surface area contributed by atoms with Gasteiger partial charge in [-0.15, -0.1) is 11.3 Å². The maximum absolute atomic E-state index is 13.0. The summed E-state index contributed by atoms with van der Waals surface area (Å²) >= 11 is 1.82. The largest absolute Gasteiger partial charge is 0.341 e. The molecule has 4 nitrogen and oxygen atoms in total. The summed E-state index contributed by atoms with van der Waals surface area (Å²) < 4.78 is 1.27. The molecule has 0 spiro atoms. The van der Waals surface area contributed by atoms with Crippen molar-refractivity contribution in [1.82, 2.24) is 15.2 Å². The van der Waals surface area contributed by atoms with Crippen molar-refractivity contribution in [2.45, 2.75) is 50.5 Å². The van der Waals surface area contributed by atoms with E-state index in [1.165, 1.54) is 9.71 Å². The summed E-state index contributed by atoms with van der Waals surface area (Å²) in [4.78, 5) is 19.9. The molecule has 0 saturated carbocycles. The van der Waals surface area contributed by atoms with Crippen molar-refractivity contribution in [1.29, 1.82) is 0 Å². The van der Waals surface area contributed by atoms with Crippen LogP contribution in [0.1, 0.15) is 50.0 Å². The molecule has 24 heavy (non-hydrogen) atoms. The second-order valence-electron chi connectivity index (χ2n) is 7.05. The average molecular weight is 343 g/mol. The van der Waals surface area contributed by atoms with E-state index in [0.717, 1.165) is 57.3 Å². The highest BCUT2D eigenvalue weighted by molar-refractivity contribution is 7.18. The van der Waals surface area contributed by atoms with Gasteiger partial charge >= 0.3 is 0 Å². The zero-order valence-corrected chi connectivity index (χ0v) is 15.1. The lowest BCUT2D eigenvalue weighted by Gasteiger charge is -2.37. The number of para-hydroxylation sites is 1. The van der Waals surface area contributed by atoms with Gasteiger partial charge in [-0.2, -0.15) is 0 Å².